The molecule has 1 aliphatic heterocycles. The minimum atomic E-state index is -0.431. The number of Topliss-reactive ketones (excluding diaryl/α,β-unsaturated/α-hetero) is 1. The van der Waals surface area contributed by atoms with E-state index < -0.39 is 4.92 Å². The van der Waals surface area contributed by atoms with Gasteiger partial charge in [0.2, 0.25) is 0 Å². The number of hydrogen-bond donors (Lipinski definition) is 1. The molecular formula is C35H31N3O3. The van der Waals surface area contributed by atoms with E-state index in [-0.39, 0.29) is 17.4 Å². The van der Waals surface area contributed by atoms with E-state index in [1.54, 1.807) is 18.3 Å². The summed E-state index contributed by atoms with van der Waals surface area (Å²) in [6.07, 6.45) is 10.6. The van der Waals surface area contributed by atoms with Gasteiger partial charge in [0, 0.05) is 30.1 Å². The van der Waals surface area contributed by atoms with Crippen LogP contribution < -0.4 is 5.32 Å². The van der Waals surface area contributed by atoms with Gasteiger partial charge in [0.1, 0.15) is 0 Å². The van der Waals surface area contributed by atoms with E-state index in [2.05, 4.69) is 47.6 Å². The van der Waals surface area contributed by atoms with Crippen molar-refractivity contribution >= 4 is 29.1 Å². The lowest BCUT2D eigenvalue weighted by atomic mass is 9.71. The first-order valence-corrected chi connectivity index (χ1v) is 14.1. The second kappa shape index (κ2) is 11.3. The zero-order valence-corrected chi connectivity index (χ0v) is 23.0. The van der Waals surface area contributed by atoms with E-state index in [0.29, 0.717) is 12.0 Å². The second-order valence-corrected chi connectivity index (χ2v) is 10.8. The summed E-state index contributed by atoms with van der Waals surface area (Å²) >= 11 is 0. The molecule has 6 heteroatoms. The Morgan fingerprint density at radius 1 is 0.927 bits per heavy atom. The third kappa shape index (κ3) is 5.33. The maximum atomic E-state index is 13.7. The number of nitro benzene ring substituents is 1. The molecule has 0 spiro atoms. The van der Waals surface area contributed by atoms with Crippen LogP contribution in [0.3, 0.4) is 0 Å². The van der Waals surface area contributed by atoms with Gasteiger partial charge in [-0.15, -0.1) is 0 Å². The van der Waals surface area contributed by atoms with Crippen molar-refractivity contribution in [3.8, 4) is 11.1 Å². The molecule has 1 heterocycles. The van der Waals surface area contributed by atoms with Gasteiger partial charge >= 0.3 is 0 Å². The second-order valence-electron chi connectivity index (χ2n) is 10.8. The molecule has 6 nitrogen and oxygen atoms in total. The van der Waals surface area contributed by atoms with Gasteiger partial charge in [0.15, 0.2) is 5.78 Å². The van der Waals surface area contributed by atoms with E-state index in [1.807, 2.05) is 36.5 Å². The van der Waals surface area contributed by atoms with Gasteiger partial charge in [-0.25, -0.2) is 0 Å². The average molecular weight is 542 g/mol. The summed E-state index contributed by atoms with van der Waals surface area (Å²) in [5, 5.41) is 14.1. The number of non-ortho nitro benzene ring substituents is 1. The Hall–Kier alpha value is -4.84. The van der Waals surface area contributed by atoms with Crippen LogP contribution in [-0.2, 0) is 19.3 Å². The summed E-state index contributed by atoms with van der Waals surface area (Å²) in [7, 11) is 0. The monoisotopic (exact) mass is 541 g/mol. The Bertz CT molecular complexity index is 1700. The molecule has 4 aromatic carbocycles. The molecule has 1 N–H and O–H groups in total. The number of carbonyl (C=O) groups excluding carboxylic acids is 1. The van der Waals surface area contributed by atoms with Crippen molar-refractivity contribution < 1.29 is 9.72 Å². The molecule has 0 saturated carbocycles. The summed E-state index contributed by atoms with van der Waals surface area (Å²) in [5.41, 5.74) is 11.3. The fourth-order valence-corrected chi connectivity index (χ4v) is 6.15. The van der Waals surface area contributed by atoms with Crippen molar-refractivity contribution in [1.29, 1.82) is 0 Å². The number of nitro groups is 1. The Morgan fingerprint density at radius 3 is 2.54 bits per heavy atom. The van der Waals surface area contributed by atoms with Crippen molar-refractivity contribution in [2.75, 3.05) is 5.32 Å². The Labute approximate surface area is 239 Å². The highest BCUT2D eigenvalue weighted by Gasteiger charge is 2.34. The molecule has 7 rings (SSSR count). The van der Waals surface area contributed by atoms with Crippen LogP contribution in [-0.4, -0.2) is 16.9 Å². The summed E-state index contributed by atoms with van der Waals surface area (Å²) in [6.45, 7) is 2.08. The average Bonchev–Trinajstić information content (AvgIpc) is 3.26. The zero-order chi connectivity index (χ0) is 28.3. The first-order valence-electron chi connectivity index (χ1n) is 14.1. The number of ketones is 1. The molecule has 0 bridgehead atoms. The van der Waals surface area contributed by atoms with Gasteiger partial charge in [0.25, 0.3) is 5.69 Å². The van der Waals surface area contributed by atoms with Crippen LogP contribution >= 0.6 is 0 Å². The molecule has 1 unspecified atom stereocenters. The first kappa shape index (κ1) is 26.4. The number of benzene rings is 4. The predicted molar refractivity (Wildman–Crippen MR) is 164 cm³/mol. The van der Waals surface area contributed by atoms with Crippen molar-refractivity contribution in [2.24, 2.45) is 4.99 Å². The normalized spacial score (nSPS) is 16.0. The summed E-state index contributed by atoms with van der Waals surface area (Å²) < 4.78 is 0. The number of rotatable bonds is 3. The molecule has 41 heavy (non-hydrogen) atoms. The van der Waals surface area contributed by atoms with Crippen LogP contribution in [0.5, 0.6) is 0 Å². The Morgan fingerprint density at radius 2 is 1.71 bits per heavy atom. The molecule has 0 fully saturated rings. The van der Waals surface area contributed by atoms with Gasteiger partial charge in [-0.3, -0.25) is 19.9 Å². The smallest absolute Gasteiger partial charge is 0.269 e. The molecule has 0 radical (unpaired) electrons. The van der Waals surface area contributed by atoms with Crippen molar-refractivity contribution in [3.63, 3.8) is 0 Å². The van der Waals surface area contributed by atoms with E-state index >= 15 is 0 Å². The summed E-state index contributed by atoms with van der Waals surface area (Å²) in [6, 6.07) is 24.9. The number of nitrogens with one attached hydrogen (secondary N) is 1. The van der Waals surface area contributed by atoms with E-state index in [0.717, 1.165) is 30.6 Å². The van der Waals surface area contributed by atoms with Crippen molar-refractivity contribution in [3.05, 3.63) is 135 Å². The minimum absolute atomic E-state index is 0.00828. The number of anilines is 1. The lowest BCUT2D eigenvalue weighted by Gasteiger charge is -2.32. The van der Waals surface area contributed by atoms with Crippen LogP contribution in [0.25, 0.3) is 11.1 Å². The van der Waals surface area contributed by atoms with Gasteiger partial charge in [0.05, 0.1) is 22.2 Å². The number of nitrogens with zero attached hydrogens (tertiary/aromatic N) is 2. The summed E-state index contributed by atoms with van der Waals surface area (Å²) in [5.74, 6) is -0.193. The van der Waals surface area contributed by atoms with E-state index in [1.165, 1.54) is 57.5 Å². The van der Waals surface area contributed by atoms with Crippen LogP contribution in [0.1, 0.15) is 56.9 Å². The number of fused-ring (bicyclic) bond motifs is 6. The number of carbonyl (C=O) groups is 1. The highest BCUT2D eigenvalue weighted by molar-refractivity contribution is 6.03. The maximum Gasteiger partial charge on any atom is 0.269 e. The number of aryl methyl sites for hydroxylation is 2. The zero-order valence-electron chi connectivity index (χ0n) is 23.0. The Kier molecular flexibility index (Phi) is 7.30. The maximum absolute atomic E-state index is 13.7. The lowest BCUT2D eigenvalue weighted by Crippen LogP contribution is -2.23. The van der Waals surface area contributed by atoms with Gasteiger partial charge in [-0.05, 0) is 103 Å². The minimum Gasteiger partial charge on any atom is -0.360 e. The molecule has 1 atom stereocenters. The number of aliphatic imine (C=N–C) groups is 1. The molecule has 4 aromatic rings. The largest absolute Gasteiger partial charge is 0.360 e. The third-order valence-corrected chi connectivity index (χ3v) is 8.12. The summed E-state index contributed by atoms with van der Waals surface area (Å²) in [4.78, 5) is 28.4. The van der Waals surface area contributed by atoms with Gasteiger partial charge in [-0.2, -0.15) is 0 Å². The van der Waals surface area contributed by atoms with Crippen LogP contribution in [0, 0.1) is 17.0 Å². The van der Waals surface area contributed by atoms with Gasteiger partial charge < -0.3 is 5.32 Å². The molecule has 2 aliphatic carbocycles. The molecule has 0 saturated heterocycles. The quantitative estimate of drug-likeness (QED) is 0.161. The molecule has 204 valence electrons. The van der Waals surface area contributed by atoms with Crippen molar-refractivity contribution in [2.45, 2.75) is 44.9 Å². The SMILES string of the molecule is C1=CNc2ccccc2N=C1.Cc1ccc2c(c1)CC(C(=O)c1ccc([N+](=O)[O-])cc1)c1c-2ccc2c1CCCC2. The standard InChI is InChI=1S/C26H23NO3.C9H8N2/c1-16-6-12-21-19(14-16)15-24(26(28)18-7-10-20(11-8-18)27(29)30)25-22-5-3-2-4-17(22)9-13-23(21)25;1-2-5-9-8(4-1)10-6-3-7-11-9/h6-14,24H,2-5,15H2,1H3;1-7,10H. The highest BCUT2D eigenvalue weighted by Crippen LogP contribution is 2.45. The van der Waals surface area contributed by atoms with E-state index in [4.69, 9.17) is 0 Å². The molecule has 3 aliphatic rings. The molecule has 0 amide bonds. The predicted octanol–water partition coefficient (Wildman–Crippen LogP) is 8.30. The number of allylic oxidation sites excluding steroid dienone is 1. The van der Waals surface area contributed by atoms with E-state index in [9.17, 15) is 14.9 Å². The van der Waals surface area contributed by atoms with Crippen LogP contribution in [0.2, 0.25) is 0 Å². The number of para-hydroxylation sites is 2. The fraction of sp³-hybridized carbons (Fsp3) is 0.200. The topological polar surface area (TPSA) is 84.6 Å². The number of hydrogen-bond acceptors (Lipinski definition) is 5. The van der Waals surface area contributed by atoms with Crippen LogP contribution in [0.4, 0.5) is 17.1 Å². The van der Waals surface area contributed by atoms with Crippen LogP contribution in [0.15, 0.2) is 96.1 Å². The lowest BCUT2D eigenvalue weighted by molar-refractivity contribution is -0.384. The Balaban J connectivity index is 0.000000229. The van der Waals surface area contributed by atoms with Crippen molar-refractivity contribution in [1.82, 2.24) is 0 Å². The third-order valence-electron chi connectivity index (χ3n) is 8.12. The van der Waals surface area contributed by atoms with Gasteiger partial charge in [-0.1, -0.05) is 48.0 Å². The molecule has 0 aromatic heterocycles. The first-order chi connectivity index (χ1) is 20.0. The molecular weight excluding hydrogens is 510 g/mol. The fourth-order valence-electron chi connectivity index (χ4n) is 6.15. The highest BCUT2D eigenvalue weighted by atomic mass is 16.6.